The van der Waals surface area contributed by atoms with Gasteiger partial charge in [0.05, 0.1) is 12.6 Å². The molecule has 0 aromatic rings. The molecule has 0 unspecified atom stereocenters. The van der Waals surface area contributed by atoms with E-state index in [0.29, 0.717) is 13.0 Å². The fourth-order valence-electron chi connectivity index (χ4n) is 1.11. The summed E-state index contributed by atoms with van der Waals surface area (Å²) in [6.07, 6.45) is 0.694. The molecule has 5 nitrogen and oxygen atoms in total. The van der Waals surface area contributed by atoms with Gasteiger partial charge in [0.15, 0.2) is 0 Å². The third-order valence-electron chi connectivity index (χ3n) is 2.04. The van der Waals surface area contributed by atoms with Crippen LogP contribution in [-0.2, 0) is 4.79 Å². The lowest BCUT2D eigenvalue weighted by Crippen LogP contribution is -2.38. The van der Waals surface area contributed by atoms with Gasteiger partial charge in [-0.3, -0.25) is 4.79 Å². The van der Waals surface area contributed by atoms with Crippen LogP contribution in [0.3, 0.4) is 0 Å². The summed E-state index contributed by atoms with van der Waals surface area (Å²) >= 11 is 0. The van der Waals surface area contributed by atoms with Gasteiger partial charge in [0, 0.05) is 13.2 Å². The number of hydrogen-bond donors (Lipinski definition) is 3. The van der Waals surface area contributed by atoms with E-state index in [0.717, 1.165) is 0 Å². The van der Waals surface area contributed by atoms with Crippen molar-refractivity contribution >= 4 is 5.91 Å². The lowest BCUT2D eigenvalue weighted by Gasteiger charge is -2.23. The van der Waals surface area contributed by atoms with E-state index in [9.17, 15) is 4.79 Å². The Labute approximate surface area is 90.5 Å². The predicted octanol–water partition coefficient (Wildman–Crippen LogP) is -0.376. The predicted molar refractivity (Wildman–Crippen MR) is 57.0 cm³/mol. The number of nitrogens with zero attached hydrogens (tertiary/aromatic N) is 1. The zero-order chi connectivity index (χ0) is 11.7. The highest BCUT2D eigenvalue weighted by molar-refractivity contribution is 5.78. The van der Waals surface area contributed by atoms with E-state index < -0.39 is 0 Å². The number of nitriles is 1. The smallest absolute Gasteiger partial charge is 0.234 e. The van der Waals surface area contributed by atoms with Gasteiger partial charge in [-0.05, 0) is 11.8 Å². The summed E-state index contributed by atoms with van der Waals surface area (Å²) in [6.45, 7) is 5.09. The Balaban J connectivity index is 3.61. The van der Waals surface area contributed by atoms with Crippen LogP contribution >= 0.6 is 0 Å². The average molecular weight is 213 g/mol. The molecule has 0 rings (SSSR count). The van der Waals surface area contributed by atoms with E-state index in [-0.39, 0.29) is 31.0 Å². The fourth-order valence-corrected chi connectivity index (χ4v) is 1.11. The molecule has 0 atom stereocenters. The first kappa shape index (κ1) is 13.9. The van der Waals surface area contributed by atoms with Crippen molar-refractivity contribution in [2.75, 3.05) is 26.2 Å². The number of aliphatic hydroxyl groups is 1. The Kier molecular flexibility index (Phi) is 6.67. The number of hydrogen-bond acceptors (Lipinski definition) is 4. The van der Waals surface area contributed by atoms with Gasteiger partial charge in [0.2, 0.25) is 5.91 Å². The van der Waals surface area contributed by atoms with Gasteiger partial charge in [-0.2, -0.15) is 5.26 Å². The number of carbonyl (C=O) groups excluding carboxylic acids is 1. The maximum absolute atomic E-state index is 11.1. The van der Waals surface area contributed by atoms with Crippen molar-refractivity contribution in [3.8, 4) is 6.07 Å². The van der Waals surface area contributed by atoms with Crippen LogP contribution in [0.25, 0.3) is 0 Å². The highest BCUT2D eigenvalue weighted by Crippen LogP contribution is 2.17. The minimum absolute atomic E-state index is 0.0236. The molecule has 86 valence electrons. The number of rotatable bonds is 7. The van der Waals surface area contributed by atoms with Crippen molar-refractivity contribution < 1.29 is 9.90 Å². The molecule has 1 amide bonds. The van der Waals surface area contributed by atoms with Gasteiger partial charge in [-0.25, -0.2) is 0 Å². The van der Waals surface area contributed by atoms with Crippen LogP contribution in [0.4, 0.5) is 0 Å². The van der Waals surface area contributed by atoms with Crippen LogP contribution in [0.2, 0.25) is 0 Å². The summed E-state index contributed by atoms with van der Waals surface area (Å²) < 4.78 is 0. The molecule has 0 aromatic heterocycles. The first-order chi connectivity index (χ1) is 7.02. The van der Waals surface area contributed by atoms with Crippen molar-refractivity contribution in [2.45, 2.75) is 20.3 Å². The molecule has 0 aliphatic heterocycles. The minimum Gasteiger partial charge on any atom is -0.396 e. The van der Waals surface area contributed by atoms with E-state index in [1.54, 1.807) is 0 Å². The zero-order valence-electron chi connectivity index (χ0n) is 9.34. The Morgan fingerprint density at radius 2 is 2.20 bits per heavy atom. The van der Waals surface area contributed by atoms with Gasteiger partial charge in [0.25, 0.3) is 0 Å². The first-order valence-corrected chi connectivity index (χ1v) is 4.97. The van der Waals surface area contributed by atoms with Crippen LogP contribution < -0.4 is 10.6 Å². The topological polar surface area (TPSA) is 85.2 Å². The van der Waals surface area contributed by atoms with Gasteiger partial charge in [0.1, 0.15) is 6.54 Å². The maximum atomic E-state index is 11.1. The first-order valence-electron chi connectivity index (χ1n) is 4.97. The minimum atomic E-state index is -0.184. The molecule has 0 heterocycles. The SMILES string of the molecule is CC(C)(CCO)CNCC(=O)NCC#N. The molecule has 0 saturated heterocycles. The van der Waals surface area contributed by atoms with Crippen molar-refractivity contribution in [2.24, 2.45) is 5.41 Å². The van der Waals surface area contributed by atoms with Crippen molar-refractivity contribution in [1.29, 1.82) is 5.26 Å². The molecule has 0 aromatic carbocycles. The molecular formula is C10H19N3O2. The van der Waals surface area contributed by atoms with Crippen LogP contribution in [0.1, 0.15) is 20.3 Å². The van der Waals surface area contributed by atoms with Gasteiger partial charge in [-0.1, -0.05) is 13.8 Å². The van der Waals surface area contributed by atoms with Crippen molar-refractivity contribution in [3.63, 3.8) is 0 Å². The number of amides is 1. The molecule has 0 aliphatic rings. The van der Waals surface area contributed by atoms with Crippen LogP contribution in [0.5, 0.6) is 0 Å². The van der Waals surface area contributed by atoms with Crippen LogP contribution in [-0.4, -0.2) is 37.3 Å². The zero-order valence-corrected chi connectivity index (χ0v) is 9.34. The highest BCUT2D eigenvalue weighted by Gasteiger charge is 2.16. The second-order valence-corrected chi connectivity index (χ2v) is 4.18. The Morgan fingerprint density at radius 3 is 2.73 bits per heavy atom. The maximum Gasteiger partial charge on any atom is 0.234 e. The Bertz CT molecular complexity index is 233. The quantitative estimate of drug-likeness (QED) is 0.503. The molecule has 0 bridgehead atoms. The Morgan fingerprint density at radius 1 is 1.53 bits per heavy atom. The van der Waals surface area contributed by atoms with Gasteiger partial charge < -0.3 is 15.7 Å². The lowest BCUT2D eigenvalue weighted by molar-refractivity contribution is -0.120. The summed E-state index contributed by atoms with van der Waals surface area (Å²) in [4.78, 5) is 11.1. The number of carbonyl (C=O) groups is 1. The summed E-state index contributed by atoms with van der Waals surface area (Å²) in [5, 5.41) is 22.4. The van der Waals surface area contributed by atoms with E-state index in [1.807, 2.05) is 19.9 Å². The molecule has 0 fully saturated rings. The largest absolute Gasteiger partial charge is 0.396 e. The van der Waals surface area contributed by atoms with E-state index >= 15 is 0 Å². The molecule has 0 saturated carbocycles. The summed E-state index contributed by atoms with van der Waals surface area (Å²) in [5.74, 6) is -0.184. The second-order valence-electron chi connectivity index (χ2n) is 4.18. The lowest BCUT2D eigenvalue weighted by atomic mass is 9.90. The van der Waals surface area contributed by atoms with Crippen molar-refractivity contribution in [3.05, 3.63) is 0 Å². The van der Waals surface area contributed by atoms with Crippen LogP contribution in [0, 0.1) is 16.7 Å². The molecule has 0 spiro atoms. The highest BCUT2D eigenvalue weighted by atomic mass is 16.3. The number of aliphatic hydroxyl groups excluding tert-OH is 1. The second kappa shape index (κ2) is 7.21. The normalized spacial score (nSPS) is 10.8. The molecule has 0 aliphatic carbocycles. The summed E-state index contributed by atoms with van der Waals surface area (Å²) in [7, 11) is 0. The van der Waals surface area contributed by atoms with Crippen LogP contribution in [0.15, 0.2) is 0 Å². The number of nitrogens with one attached hydrogen (secondary N) is 2. The fraction of sp³-hybridized carbons (Fsp3) is 0.800. The molecule has 0 radical (unpaired) electrons. The van der Waals surface area contributed by atoms with Crippen molar-refractivity contribution in [1.82, 2.24) is 10.6 Å². The van der Waals surface area contributed by atoms with E-state index in [1.165, 1.54) is 0 Å². The standard InChI is InChI=1S/C10H19N3O2/c1-10(2,3-6-14)8-12-7-9(15)13-5-4-11/h12,14H,3,5-8H2,1-2H3,(H,13,15). The van der Waals surface area contributed by atoms with Gasteiger partial charge >= 0.3 is 0 Å². The summed E-state index contributed by atoms with van der Waals surface area (Å²) in [5.41, 5.74) is -0.0236. The van der Waals surface area contributed by atoms with E-state index in [2.05, 4.69) is 10.6 Å². The molecule has 3 N–H and O–H groups in total. The third kappa shape index (κ3) is 7.91. The average Bonchev–Trinajstić information content (AvgIpc) is 2.14. The van der Waals surface area contributed by atoms with E-state index in [4.69, 9.17) is 10.4 Å². The Hall–Kier alpha value is -1.12. The molecular weight excluding hydrogens is 194 g/mol. The molecule has 15 heavy (non-hydrogen) atoms. The van der Waals surface area contributed by atoms with Gasteiger partial charge in [-0.15, -0.1) is 0 Å². The summed E-state index contributed by atoms with van der Waals surface area (Å²) in [6, 6.07) is 1.83. The third-order valence-corrected chi connectivity index (χ3v) is 2.04. The molecule has 5 heteroatoms. The monoisotopic (exact) mass is 213 g/mol.